The van der Waals surface area contributed by atoms with Crippen molar-refractivity contribution in [3.63, 3.8) is 0 Å². The Labute approximate surface area is 205 Å². The van der Waals surface area contributed by atoms with Crippen molar-refractivity contribution in [1.29, 1.82) is 0 Å². The van der Waals surface area contributed by atoms with E-state index in [1.807, 2.05) is 6.07 Å². The van der Waals surface area contributed by atoms with Crippen LogP contribution in [-0.2, 0) is 22.6 Å². The van der Waals surface area contributed by atoms with Gasteiger partial charge in [0.2, 0.25) is 5.91 Å². The molecule has 0 aromatic heterocycles. The van der Waals surface area contributed by atoms with Crippen molar-refractivity contribution in [1.82, 2.24) is 14.7 Å². The number of carbonyl (C=O) groups is 3. The minimum Gasteiger partial charge on any atom is -0.491 e. The smallest absolute Gasteiger partial charge is 0.262 e. The van der Waals surface area contributed by atoms with Crippen molar-refractivity contribution in [3.05, 3.63) is 64.7 Å². The second-order valence-electron chi connectivity index (χ2n) is 9.55. The first-order valence-electron chi connectivity index (χ1n) is 12.2. The van der Waals surface area contributed by atoms with Crippen molar-refractivity contribution in [2.24, 2.45) is 5.92 Å². The number of rotatable bonds is 6. The van der Waals surface area contributed by atoms with Crippen LogP contribution in [0.4, 0.5) is 0 Å². The molecular weight excluding hydrogens is 446 g/mol. The maximum atomic E-state index is 13.2. The summed E-state index contributed by atoms with van der Waals surface area (Å²) >= 11 is 0. The third-order valence-electron chi connectivity index (χ3n) is 7.04. The second-order valence-corrected chi connectivity index (χ2v) is 9.55. The quantitative estimate of drug-likeness (QED) is 0.595. The molecule has 0 saturated carbocycles. The van der Waals surface area contributed by atoms with Crippen molar-refractivity contribution < 1.29 is 23.9 Å². The summed E-state index contributed by atoms with van der Waals surface area (Å²) in [6.07, 6.45) is 2.37. The summed E-state index contributed by atoms with van der Waals surface area (Å²) in [5.41, 5.74) is 2.83. The molecule has 0 unspecified atom stereocenters. The Kier molecular flexibility index (Phi) is 6.83. The number of amides is 3. The van der Waals surface area contributed by atoms with Crippen LogP contribution < -0.4 is 4.74 Å². The molecule has 0 N–H and O–H groups in total. The van der Waals surface area contributed by atoms with Gasteiger partial charge in [-0.15, -0.1) is 0 Å². The summed E-state index contributed by atoms with van der Waals surface area (Å²) in [6, 6.07) is 12.9. The first-order valence-corrected chi connectivity index (χ1v) is 12.2. The monoisotopic (exact) mass is 477 g/mol. The molecule has 0 aliphatic carbocycles. The number of carbonyl (C=O) groups excluding carboxylic acids is 3. The summed E-state index contributed by atoms with van der Waals surface area (Å²) in [7, 11) is 1.76. The number of hydrogen-bond acceptors (Lipinski definition) is 6. The number of benzene rings is 2. The lowest BCUT2D eigenvalue weighted by Gasteiger charge is -2.32. The van der Waals surface area contributed by atoms with Gasteiger partial charge in [-0.1, -0.05) is 18.2 Å². The largest absolute Gasteiger partial charge is 0.491 e. The zero-order valence-electron chi connectivity index (χ0n) is 20.1. The summed E-state index contributed by atoms with van der Waals surface area (Å²) < 4.78 is 11.3. The maximum Gasteiger partial charge on any atom is 0.262 e. The number of fused-ring (bicyclic) bond motifs is 2. The van der Waals surface area contributed by atoms with E-state index in [0.717, 1.165) is 42.5 Å². The fraction of sp³-hybridized carbons (Fsp3) is 0.444. The standard InChI is InChI=1S/C27H31N3O5/c1-34-18-20-5-4-10-28(15-20)14-19-8-9-24-21(13-19)16-29(11-12-35-24)25(31)17-30-26(32)22-6-2-3-7-23(22)27(30)33/h2-3,6-9,13,20H,4-5,10-12,14-18H2,1H3/t20-/m0/s1. The molecule has 8 heteroatoms. The second kappa shape index (κ2) is 10.2. The van der Waals surface area contributed by atoms with Crippen molar-refractivity contribution in [2.45, 2.75) is 25.9 Å². The summed E-state index contributed by atoms with van der Waals surface area (Å²) in [5.74, 6) is 0.246. The third-order valence-corrected chi connectivity index (χ3v) is 7.04. The Morgan fingerprint density at radius 2 is 1.86 bits per heavy atom. The Bertz CT molecular complexity index is 1100. The molecule has 3 heterocycles. The zero-order valence-corrected chi connectivity index (χ0v) is 20.1. The average molecular weight is 478 g/mol. The summed E-state index contributed by atoms with van der Waals surface area (Å²) in [5, 5.41) is 0. The molecule has 0 radical (unpaired) electrons. The highest BCUT2D eigenvalue weighted by atomic mass is 16.5. The van der Waals surface area contributed by atoms with E-state index in [4.69, 9.17) is 9.47 Å². The Balaban J connectivity index is 1.25. The minimum absolute atomic E-state index is 0.264. The van der Waals surface area contributed by atoms with Crippen molar-refractivity contribution in [2.75, 3.05) is 46.5 Å². The van der Waals surface area contributed by atoms with Crippen LogP contribution in [0.3, 0.4) is 0 Å². The molecule has 1 fully saturated rings. The molecule has 1 saturated heterocycles. The Morgan fingerprint density at radius 3 is 2.60 bits per heavy atom. The molecule has 2 aromatic carbocycles. The van der Waals surface area contributed by atoms with E-state index in [2.05, 4.69) is 17.0 Å². The van der Waals surface area contributed by atoms with Crippen LogP contribution in [0.1, 0.15) is 44.7 Å². The molecule has 8 nitrogen and oxygen atoms in total. The highest BCUT2D eigenvalue weighted by Crippen LogP contribution is 2.27. The van der Waals surface area contributed by atoms with Gasteiger partial charge in [0.15, 0.2) is 0 Å². The molecule has 35 heavy (non-hydrogen) atoms. The molecule has 0 bridgehead atoms. The molecule has 3 aliphatic rings. The van der Waals surface area contributed by atoms with Gasteiger partial charge in [-0.05, 0) is 55.1 Å². The van der Waals surface area contributed by atoms with Gasteiger partial charge in [-0.3, -0.25) is 24.2 Å². The Hall–Kier alpha value is -3.23. The molecule has 184 valence electrons. The van der Waals surface area contributed by atoms with Gasteiger partial charge in [-0.2, -0.15) is 0 Å². The fourth-order valence-electron chi connectivity index (χ4n) is 5.30. The number of piperidine rings is 1. The van der Waals surface area contributed by atoms with Gasteiger partial charge in [0.1, 0.15) is 18.9 Å². The first-order chi connectivity index (χ1) is 17.0. The van der Waals surface area contributed by atoms with Crippen LogP contribution in [0, 0.1) is 5.92 Å². The van der Waals surface area contributed by atoms with Crippen LogP contribution in [0.15, 0.2) is 42.5 Å². The van der Waals surface area contributed by atoms with Gasteiger partial charge >= 0.3 is 0 Å². The van der Waals surface area contributed by atoms with Gasteiger partial charge in [0.05, 0.1) is 24.3 Å². The maximum absolute atomic E-state index is 13.2. The number of methoxy groups -OCH3 is 1. The number of nitrogens with zero attached hydrogens (tertiary/aromatic N) is 3. The van der Waals surface area contributed by atoms with E-state index in [1.165, 1.54) is 18.4 Å². The van der Waals surface area contributed by atoms with Crippen LogP contribution in [0.25, 0.3) is 0 Å². The Morgan fingerprint density at radius 1 is 1.09 bits per heavy atom. The fourth-order valence-corrected chi connectivity index (χ4v) is 5.30. The number of likely N-dealkylation sites (tertiary alicyclic amines) is 1. The van der Waals surface area contributed by atoms with Crippen LogP contribution in [-0.4, -0.2) is 78.9 Å². The van der Waals surface area contributed by atoms with Gasteiger partial charge in [0.25, 0.3) is 11.8 Å². The third kappa shape index (κ3) is 4.94. The number of hydrogen-bond donors (Lipinski definition) is 0. The molecule has 1 atom stereocenters. The molecular formula is C27H31N3O5. The number of ether oxygens (including phenoxy) is 2. The lowest BCUT2D eigenvalue weighted by Crippen LogP contribution is -2.43. The lowest BCUT2D eigenvalue weighted by atomic mass is 9.98. The summed E-state index contributed by atoms with van der Waals surface area (Å²) in [4.78, 5) is 43.7. The van der Waals surface area contributed by atoms with E-state index in [-0.39, 0.29) is 12.5 Å². The summed E-state index contributed by atoms with van der Waals surface area (Å²) in [6.45, 7) is 4.61. The molecule has 3 amide bonds. The highest BCUT2D eigenvalue weighted by molar-refractivity contribution is 6.22. The first kappa shape index (κ1) is 23.5. The van der Waals surface area contributed by atoms with Gasteiger partial charge < -0.3 is 14.4 Å². The lowest BCUT2D eigenvalue weighted by molar-refractivity contribution is -0.132. The predicted octanol–water partition coefficient (Wildman–Crippen LogP) is 2.56. The van der Waals surface area contributed by atoms with E-state index in [9.17, 15) is 14.4 Å². The SMILES string of the molecule is COC[C@H]1CCCN(Cc2ccc3c(c2)CN(C(=O)CN2C(=O)c4ccccc4C2=O)CCO3)C1. The van der Waals surface area contributed by atoms with Crippen LogP contribution in [0.5, 0.6) is 5.75 Å². The predicted molar refractivity (Wildman–Crippen MR) is 129 cm³/mol. The van der Waals surface area contributed by atoms with Crippen LogP contribution >= 0.6 is 0 Å². The normalized spacial score (nSPS) is 20.3. The zero-order chi connectivity index (χ0) is 24.4. The number of imide groups is 1. The topological polar surface area (TPSA) is 79.4 Å². The van der Waals surface area contributed by atoms with E-state index >= 15 is 0 Å². The molecule has 5 rings (SSSR count). The van der Waals surface area contributed by atoms with Crippen molar-refractivity contribution >= 4 is 17.7 Å². The highest BCUT2D eigenvalue weighted by Gasteiger charge is 2.37. The van der Waals surface area contributed by atoms with Crippen LogP contribution in [0.2, 0.25) is 0 Å². The van der Waals surface area contributed by atoms with Crippen molar-refractivity contribution in [3.8, 4) is 5.75 Å². The minimum atomic E-state index is -0.416. The van der Waals surface area contributed by atoms with E-state index in [0.29, 0.717) is 36.7 Å². The average Bonchev–Trinajstić information content (AvgIpc) is 3.00. The van der Waals surface area contributed by atoms with Gasteiger partial charge in [0, 0.05) is 32.3 Å². The van der Waals surface area contributed by atoms with E-state index < -0.39 is 11.8 Å². The molecule has 0 spiro atoms. The molecule has 3 aliphatic heterocycles. The molecule has 2 aromatic rings. The van der Waals surface area contributed by atoms with E-state index in [1.54, 1.807) is 36.3 Å². The van der Waals surface area contributed by atoms with Gasteiger partial charge in [-0.25, -0.2) is 0 Å².